The first-order valence-corrected chi connectivity index (χ1v) is 7.82. The van der Waals surface area contributed by atoms with Gasteiger partial charge >= 0.3 is 0 Å². The van der Waals surface area contributed by atoms with E-state index in [0.29, 0.717) is 11.8 Å². The lowest BCUT2D eigenvalue weighted by atomic mass is 9.61. The van der Waals surface area contributed by atoms with E-state index in [2.05, 4.69) is 37.3 Å². The summed E-state index contributed by atoms with van der Waals surface area (Å²) < 4.78 is 11.9. The number of hydrogen-bond acceptors (Lipinski definition) is 2. The lowest BCUT2D eigenvalue weighted by molar-refractivity contribution is 0.0764. The molecule has 21 heavy (non-hydrogen) atoms. The number of ether oxygens (including phenoxy) is 2. The van der Waals surface area contributed by atoms with Crippen LogP contribution in [0.4, 0.5) is 0 Å². The fourth-order valence-electron chi connectivity index (χ4n) is 4.66. The van der Waals surface area contributed by atoms with Crippen molar-refractivity contribution in [2.75, 3.05) is 14.2 Å². The fraction of sp³-hybridized carbons (Fsp3) is 0.474. The predicted octanol–water partition coefficient (Wildman–Crippen LogP) is 4.36. The van der Waals surface area contributed by atoms with E-state index in [1.54, 1.807) is 0 Å². The minimum absolute atomic E-state index is 0.0963. The summed E-state index contributed by atoms with van der Waals surface area (Å²) in [5, 5.41) is 0. The van der Waals surface area contributed by atoms with Crippen molar-refractivity contribution in [2.45, 2.75) is 32.0 Å². The Morgan fingerprint density at radius 1 is 0.905 bits per heavy atom. The van der Waals surface area contributed by atoms with Gasteiger partial charge in [0.05, 0.1) is 0 Å². The molecule has 0 amide bonds. The summed E-state index contributed by atoms with van der Waals surface area (Å²) >= 11 is 0. The van der Waals surface area contributed by atoms with Crippen LogP contribution in [0.5, 0.6) is 0 Å². The zero-order chi connectivity index (χ0) is 14.6. The van der Waals surface area contributed by atoms with Crippen molar-refractivity contribution >= 4 is 0 Å². The Balaban J connectivity index is 1.94. The molecule has 0 fully saturated rings. The van der Waals surface area contributed by atoms with Crippen molar-refractivity contribution in [1.29, 1.82) is 0 Å². The van der Waals surface area contributed by atoms with Gasteiger partial charge in [-0.15, -0.1) is 0 Å². The largest absolute Gasteiger partial charge is 0.372 e. The Kier molecular flexibility index (Phi) is 3.05. The Bertz CT molecular complexity index is 641. The second-order valence-corrected chi connectivity index (χ2v) is 6.42. The third kappa shape index (κ3) is 1.72. The second kappa shape index (κ2) is 4.82. The van der Waals surface area contributed by atoms with Crippen LogP contribution in [-0.2, 0) is 9.47 Å². The molecule has 4 aliphatic carbocycles. The Labute approximate surface area is 126 Å². The van der Waals surface area contributed by atoms with Crippen LogP contribution < -0.4 is 0 Å². The van der Waals surface area contributed by atoms with Crippen molar-refractivity contribution in [3.05, 3.63) is 58.2 Å². The van der Waals surface area contributed by atoms with Crippen molar-refractivity contribution in [3.63, 3.8) is 0 Å². The van der Waals surface area contributed by atoms with E-state index in [-0.39, 0.29) is 12.2 Å². The highest BCUT2D eigenvalue weighted by Gasteiger charge is 2.45. The first-order valence-electron chi connectivity index (χ1n) is 7.82. The first-order chi connectivity index (χ1) is 10.3. The van der Waals surface area contributed by atoms with E-state index in [0.717, 1.165) is 0 Å². The molecule has 1 aromatic rings. The fourth-order valence-corrected chi connectivity index (χ4v) is 4.66. The van der Waals surface area contributed by atoms with E-state index in [4.69, 9.17) is 9.47 Å². The molecular formula is C19H22O2. The van der Waals surface area contributed by atoms with Crippen molar-refractivity contribution < 1.29 is 9.47 Å². The van der Waals surface area contributed by atoms with Crippen LogP contribution in [0, 0.1) is 11.8 Å². The van der Waals surface area contributed by atoms with Gasteiger partial charge in [-0.3, -0.25) is 0 Å². The molecule has 0 aromatic heterocycles. The van der Waals surface area contributed by atoms with Gasteiger partial charge in [-0.25, -0.2) is 0 Å². The van der Waals surface area contributed by atoms with Crippen LogP contribution in [-0.4, -0.2) is 14.2 Å². The third-order valence-electron chi connectivity index (χ3n) is 5.49. The molecule has 110 valence electrons. The highest BCUT2D eigenvalue weighted by atomic mass is 16.5. The normalized spacial score (nSPS) is 33.6. The maximum Gasteiger partial charge on any atom is 0.105 e. The third-order valence-corrected chi connectivity index (χ3v) is 5.49. The summed E-state index contributed by atoms with van der Waals surface area (Å²) in [4.78, 5) is 0. The highest BCUT2D eigenvalue weighted by Crippen LogP contribution is 2.57. The molecule has 2 bridgehead atoms. The molecule has 4 atom stereocenters. The van der Waals surface area contributed by atoms with Crippen LogP contribution in [0.3, 0.4) is 0 Å². The molecule has 0 radical (unpaired) electrons. The van der Waals surface area contributed by atoms with Gasteiger partial charge in [0.1, 0.15) is 12.2 Å². The van der Waals surface area contributed by atoms with Gasteiger partial charge in [-0.2, -0.15) is 0 Å². The Hall–Kier alpha value is -1.38. The van der Waals surface area contributed by atoms with Crippen molar-refractivity contribution in [2.24, 2.45) is 11.8 Å². The number of methoxy groups -OCH3 is 2. The maximum atomic E-state index is 5.94. The lowest BCUT2D eigenvalue weighted by Gasteiger charge is -2.47. The molecule has 0 aliphatic heterocycles. The van der Waals surface area contributed by atoms with Crippen LogP contribution in [0.2, 0.25) is 0 Å². The molecule has 2 heteroatoms. The molecule has 2 nitrogen and oxygen atoms in total. The van der Waals surface area contributed by atoms with Gasteiger partial charge in [-0.05, 0) is 42.0 Å². The summed E-state index contributed by atoms with van der Waals surface area (Å²) in [6, 6.07) is 8.59. The van der Waals surface area contributed by atoms with E-state index < -0.39 is 0 Å². The minimum atomic E-state index is 0.0963. The van der Waals surface area contributed by atoms with Gasteiger partial charge in [0.25, 0.3) is 0 Å². The van der Waals surface area contributed by atoms with Crippen LogP contribution >= 0.6 is 0 Å². The Morgan fingerprint density at radius 2 is 1.52 bits per heavy atom. The predicted molar refractivity (Wildman–Crippen MR) is 82.9 cm³/mol. The van der Waals surface area contributed by atoms with Crippen LogP contribution in [0.1, 0.15) is 43.1 Å². The average Bonchev–Trinajstić information content (AvgIpc) is 2.52. The Morgan fingerprint density at radius 3 is 2.10 bits per heavy atom. The SMILES string of the molecule is COC1C2=C(C3CCC2C=C3C)C(OC)c2ccccc21. The number of hydrogen-bond donors (Lipinski definition) is 0. The molecule has 0 saturated heterocycles. The van der Waals surface area contributed by atoms with Crippen molar-refractivity contribution in [3.8, 4) is 0 Å². The summed E-state index contributed by atoms with van der Waals surface area (Å²) in [6.07, 6.45) is 5.15. The van der Waals surface area contributed by atoms with Crippen molar-refractivity contribution in [1.82, 2.24) is 0 Å². The zero-order valence-corrected chi connectivity index (χ0v) is 12.9. The van der Waals surface area contributed by atoms with Crippen LogP contribution in [0.15, 0.2) is 47.1 Å². The topological polar surface area (TPSA) is 18.5 Å². The number of allylic oxidation sites excluding steroid dienone is 2. The number of fused-ring (bicyclic) bond motifs is 2. The summed E-state index contributed by atoms with van der Waals surface area (Å²) in [7, 11) is 3.67. The van der Waals surface area contributed by atoms with Gasteiger partial charge in [-0.1, -0.05) is 35.9 Å². The average molecular weight is 282 g/mol. The molecule has 4 aliphatic rings. The number of benzene rings is 1. The quantitative estimate of drug-likeness (QED) is 0.750. The smallest absolute Gasteiger partial charge is 0.105 e. The van der Waals surface area contributed by atoms with Gasteiger partial charge in [0.2, 0.25) is 0 Å². The molecule has 4 unspecified atom stereocenters. The minimum Gasteiger partial charge on any atom is -0.372 e. The van der Waals surface area contributed by atoms with Gasteiger partial charge in [0, 0.05) is 26.1 Å². The van der Waals surface area contributed by atoms with E-state index in [9.17, 15) is 0 Å². The number of rotatable bonds is 2. The second-order valence-electron chi connectivity index (χ2n) is 6.42. The standard InChI is InChI=1S/C19H22O2/c1-11-10-12-8-9-13(11)17-16(12)18(20-2)14-6-4-5-7-15(14)19(17)21-3/h4-7,10,12-13,18-19H,8-9H2,1-3H3. The van der Waals surface area contributed by atoms with E-state index >= 15 is 0 Å². The van der Waals surface area contributed by atoms with E-state index in [1.807, 2.05) is 14.2 Å². The summed E-state index contributed by atoms with van der Waals surface area (Å²) in [5.74, 6) is 1.07. The summed E-state index contributed by atoms with van der Waals surface area (Å²) in [5.41, 5.74) is 7.04. The van der Waals surface area contributed by atoms with Gasteiger partial charge in [0.15, 0.2) is 0 Å². The molecular weight excluding hydrogens is 260 g/mol. The van der Waals surface area contributed by atoms with E-state index in [1.165, 1.54) is 40.7 Å². The van der Waals surface area contributed by atoms with Crippen LogP contribution in [0.25, 0.3) is 0 Å². The molecule has 1 aromatic carbocycles. The lowest BCUT2D eigenvalue weighted by Crippen LogP contribution is -2.35. The highest BCUT2D eigenvalue weighted by molar-refractivity contribution is 5.53. The molecule has 0 spiro atoms. The molecule has 5 rings (SSSR count). The molecule has 0 N–H and O–H groups in total. The van der Waals surface area contributed by atoms with Gasteiger partial charge < -0.3 is 9.47 Å². The summed E-state index contributed by atoms with van der Waals surface area (Å²) in [6.45, 7) is 2.27. The first kappa shape index (κ1) is 13.3. The maximum absolute atomic E-state index is 5.94. The monoisotopic (exact) mass is 282 g/mol. The molecule has 0 saturated carbocycles. The zero-order valence-electron chi connectivity index (χ0n) is 12.9. The molecule has 0 heterocycles.